The summed E-state index contributed by atoms with van der Waals surface area (Å²) in [6.07, 6.45) is 0. The van der Waals surface area contributed by atoms with Gasteiger partial charge in [-0.15, -0.1) is 0 Å². The Bertz CT molecular complexity index is 410. The van der Waals surface area contributed by atoms with Gasteiger partial charge in [-0.3, -0.25) is 9.59 Å². The quantitative estimate of drug-likeness (QED) is 0.876. The minimum Gasteiger partial charge on any atom is -0.480 e. The molecule has 0 saturated carbocycles. The van der Waals surface area contributed by atoms with Gasteiger partial charge in [0, 0.05) is 0 Å². The van der Waals surface area contributed by atoms with E-state index in [1.54, 1.807) is 13.8 Å². The molecule has 1 aromatic rings. The van der Waals surface area contributed by atoms with Crippen LogP contribution in [0.15, 0.2) is 8.89 Å². The van der Waals surface area contributed by atoms with E-state index < -0.39 is 18.4 Å². The number of rotatable bonds is 3. The Morgan fingerprint density at radius 1 is 1.40 bits per heavy atom. The fourth-order valence-corrected chi connectivity index (χ4v) is 1.70. The van der Waals surface area contributed by atoms with Crippen molar-refractivity contribution in [2.45, 2.75) is 13.8 Å². The number of halogens is 1. The van der Waals surface area contributed by atoms with Gasteiger partial charge in [0.15, 0.2) is 0 Å². The Labute approximate surface area is 94.6 Å². The molecule has 1 amide bonds. The van der Waals surface area contributed by atoms with E-state index in [1.165, 1.54) is 0 Å². The fourth-order valence-electron chi connectivity index (χ4n) is 1.16. The average Bonchev–Trinajstić information content (AvgIpc) is 2.37. The Kier molecular flexibility index (Phi) is 3.52. The number of hydrogen-bond donors (Lipinski definition) is 2. The Balaban J connectivity index is 2.86. The zero-order valence-corrected chi connectivity index (χ0v) is 9.84. The fraction of sp³-hybridized carbons (Fsp3) is 0.333. The van der Waals surface area contributed by atoms with Crippen molar-refractivity contribution in [3.05, 3.63) is 21.6 Å². The zero-order chi connectivity index (χ0) is 11.6. The monoisotopic (exact) mass is 275 g/mol. The number of carbonyl (C=O) groups excluding carboxylic acids is 1. The molecule has 0 spiro atoms. The van der Waals surface area contributed by atoms with Crippen LogP contribution in [0.1, 0.15) is 21.9 Å². The van der Waals surface area contributed by atoms with Crippen LogP contribution < -0.4 is 5.32 Å². The highest BCUT2D eigenvalue weighted by molar-refractivity contribution is 9.10. The summed E-state index contributed by atoms with van der Waals surface area (Å²) in [5.74, 6) is -0.494. The number of furan rings is 1. The van der Waals surface area contributed by atoms with Gasteiger partial charge < -0.3 is 14.8 Å². The van der Waals surface area contributed by atoms with Crippen LogP contribution in [0, 0.1) is 13.8 Å². The van der Waals surface area contributed by atoms with Crippen molar-refractivity contribution in [2.24, 2.45) is 0 Å². The van der Waals surface area contributed by atoms with Gasteiger partial charge in [-0.25, -0.2) is 0 Å². The lowest BCUT2D eigenvalue weighted by Crippen LogP contribution is -2.29. The van der Waals surface area contributed by atoms with Crippen molar-refractivity contribution < 1.29 is 19.1 Å². The van der Waals surface area contributed by atoms with Gasteiger partial charge >= 0.3 is 5.97 Å². The van der Waals surface area contributed by atoms with Crippen molar-refractivity contribution in [1.29, 1.82) is 0 Å². The van der Waals surface area contributed by atoms with Crippen LogP contribution in [0.25, 0.3) is 0 Å². The minimum atomic E-state index is -1.09. The maximum atomic E-state index is 11.5. The molecule has 0 atom stereocenters. The molecule has 6 heteroatoms. The van der Waals surface area contributed by atoms with Crippen LogP contribution in [-0.4, -0.2) is 23.5 Å². The molecule has 0 aliphatic rings. The first-order valence-electron chi connectivity index (χ1n) is 4.19. The van der Waals surface area contributed by atoms with E-state index in [4.69, 9.17) is 9.52 Å². The summed E-state index contributed by atoms with van der Waals surface area (Å²) in [7, 11) is 0. The van der Waals surface area contributed by atoms with E-state index in [9.17, 15) is 9.59 Å². The molecule has 5 nitrogen and oxygen atoms in total. The molecule has 0 fully saturated rings. The number of hydrogen-bond acceptors (Lipinski definition) is 3. The third kappa shape index (κ3) is 2.59. The van der Waals surface area contributed by atoms with Crippen molar-refractivity contribution in [3.63, 3.8) is 0 Å². The first kappa shape index (κ1) is 11.8. The van der Waals surface area contributed by atoms with Gasteiger partial charge in [0.05, 0.1) is 10.0 Å². The van der Waals surface area contributed by atoms with Crippen molar-refractivity contribution in [3.8, 4) is 0 Å². The molecule has 1 rings (SSSR count). The van der Waals surface area contributed by atoms with Crippen molar-refractivity contribution in [2.75, 3.05) is 6.54 Å². The standard InChI is InChI=1S/C9H10BrNO4/c1-4-7(8(10)5(2)15-4)9(14)11-3-6(12)13/h3H2,1-2H3,(H,11,14)(H,12,13). The molecular formula is C9H10BrNO4. The molecule has 82 valence electrons. The van der Waals surface area contributed by atoms with Crippen molar-refractivity contribution in [1.82, 2.24) is 5.32 Å². The molecule has 0 aliphatic carbocycles. The van der Waals surface area contributed by atoms with Crippen LogP contribution in [0.3, 0.4) is 0 Å². The van der Waals surface area contributed by atoms with Gasteiger partial charge in [0.25, 0.3) is 5.91 Å². The molecule has 0 bridgehead atoms. The van der Waals surface area contributed by atoms with Gasteiger partial charge in [-0.05, 0) is 29.8 Å². The average molecular weight is 276 g/mol. The molecule has 1 aromatic heterocycles. The van der Waals surface area contributed by atoms with Gasteiger partial charge in [0.2, 0.25) is 0 Å². The summed E-state index contributed by atoms with van der Waals surface area (Å²) in [4.78, 5) is 21.8. The van der Waals surface area contributed by atoms with Crippen LogP contribution >= 0.6 is 15.9 Å². The van der Waals surface area contributed by atoms with E-state index >= 15 is 0 Å². The topological polar surface area (TPSA) is 79.5 Å². The lowest BCUT2D eigenvalue weighted by atomic mass is 10.2. The van der Waals surface area contributed by atoms with Crippen molar-refractivity contribution >= 4 is 27.8 Å². The first-order chi connectivity index (χ1) is 6.93. The Morgan fingerprint density at radius 3 is 2.40 bits per heavy atom. The van der Waals surface area contributed by atoms with Crippen LogP contribution in [-0.2, 0) is 4.79 Å². The first-order valence-corrected chi connectivity index (χ1v) is 4.98. The molecular weight excluding hydrogens is 266 g/mol. The molecule has 15 heavy (non-hydrogen) atoms. The normalized spacial score (nSPS) is 10.1. The molecule has 1 heterocycles. The molecule has 0 unspecified atom stereocenters. The van der Waals surface area contributed by atoms with Crippen LogP contribution in [0.5, 0.6) is 0 Å². The number of carboxylic acid groups (broad SMARTS) is 1. The van der Waals surface area contributed by atoms with Gasteiger partial charge in [-0.2, -0.15) is 0 Å². The smallest absolute Gasteiger partial charge is 0.322 e. The largest absolute Gasteiger partial charge is 0.480 e. The van der Waals surface area contributed by atoms with Gasteiger partial charge in [0.1, 0.15) is 18.1 Å². The van der Waals surface area contributed by atoms with Crippen LogP contribution in [0.2, 0.25) is 0 Å². The summed E-state index contributed by atoms with van der Waals surface area (Å²) in [5.41, 5.74) is 0.341. The lowest BCUT2D eigenvalue weighted by Gasteiger charge is -2.00. The second-order valence-corrected chi connectivity index (χ2v) is 3.77. The van der Waals surface area contributed by atoms with Crippen LogP contribution in [0.4, 0.5) is 0 Å². The minimum absolute atomic E-state index is 0.341. The maximum absolute atomic E-state index is 11.5. The SMILES string of the molecule is Cc1oc(C)c(C(=O)NCC(=O)O)c1Br. The molecule has 0 aromatic carbocycles. The van der Waals surface area contributed by atoms with E-state index in [-0.39, 0.29) is 0 Å². The summed E-state index contributed by atoms with van der Waals surface area (Å²) in [6.45, 7) is 2.95. The summed E-state index contributed by atoms with van der Waals surface area (Å²) < 4.78 is 5.78. The summed E-state index contributed by atoms with van der Waals surface area (Å²) in [5, 5.41) is 10.7. The molecule has 2 N–H and O–H groups in total. The van der Waals surface area contributed by atoms with Gasteiger partial charge in [-0.1, -0.05) is 0 Å². The Hall–Kier alpha value is -1.30. The number of carbonyl (C=O) groups is 2. The Morgan fingerprint density at radius 2 is 2.00 bits per heavy atom. The third-order valence-corrected chi connectivity index (χ3v) is 2.77. The van der Waals surface area contributed by atoms with E-state index in [0.717, 1.165) is 0 Å². The summed E-state index contributed by atoms with van der Waals surface area (Å²) in [6, 6.07) is 0. The predicted octanol–water partition coefficient (Wildman–Crippen LogP) is 1.47. The molecule has 0 aliphatic heterocycles. The second kappa shape index (κ2) is 4.48. The van der Waals surface area contributed by atoms with E-state index in [1.807, 2.05) is 0 Å². The second-order valence-electron chi connectivity index (χ2n) is 2.98. The molecule has 0 radical (unpaired) electrons. The predicted molar refractivity (Wildman–Crippen MR) is 55.9 cm³/mol. The highest BCUT2D eigenvalue weighted by atomic mass is 79.9. The lowest BCUT2D eigenvalue weighted by molar-refractivity contribution is -0.135. The number of aliphatic carboxylic acids is 1. The number of aryl methyl sites for hydroxylation is 2. The molecule has 0 saturated heterocycles. The number of nitrogens with one attached hydrogen (secondary N) is 1. The van der Waals surface area contributed by atoms with E-state index in [0.29, 0.717) is 21.6 Å². The zero-order valence-electron chi connectivity index (χ0n) is 8.26. The van der Waals surface area contributed by atoms with E-state index in [2.05, 4.69) is 21.2 Å². The number of amides is 1. The summed E-state index contributed by atoms with van der Waals surface area (Å²) >= 11 is 3.21. The maximum Gasteiger partial charge on any atom is 0.322 e. The third-order valence-electron chi connectivity index (χ3n) is 1.81. The highest BCUT2D eigenvalue weighted by Crippen LogP contribution is 2.26. The highest BCUT2D eigenvalue weighted by Gasteiger charge is 2.19. The number of carboxylic acids is 1.